The largest absolute Gasteiger partial charge is 0.469 e. The van der Waals surface area contributed by atoms with E-state index >= 15 is 0 Å². The fraction of sp³-hybridized carbons (Fsp3) is 0.462. The predicted octanol–water partition coefficient (Wildman–Crippen LogP) is 1.53. The fourth-order valence-corrected chi connectivity index (χ4v) is 2.09. The van der Waals surface area contributed by atoms with E-state index in [9.17, 15) is 4.79 Å². The van der Waals surface area contributed by atoms with E-state index in [4.69, 9.17) is 4.42 Å². The van der Waals surface area contributed by atoms with Gasteiger partial charge in [0.15, 0.2) is 0 Å². The van der Waals surface area contributed by atoms with Gasteiger partial charge in [-0.2, -0.15) is 0 Å². The lowest BCUT2D eigenvalue weighted by molar-refractivity contribution is 0.0648. The van der Waals surface area contributed by atoms with Gasteiger partial charge in [0.05, 0.1) is 11.8 Å². The van der Waals surface area contributed by atoms with Crippen molar-refractivity contribution in [2.45, 2.75) is 6.92 Å². The number of nitrogens with zero attached hydrogens (tertiary/aromatic N) is 2. The number of carbonyl (C=O) groups is 1. The smallest absolute Gasteiger partial charge is 0.257 e. The van der Waals surface area contributed by atoms with Gasteiger partial charge in [-0.05, 0) is 13.0 Å². The summed E-state index contributed by atoms with van der Waals surface area (Å²) >= 11 is 0. The van der Waals surface area contributed by atoms with Gasteiger partial charge in [-0.15, -0.1) is 6.58 Å². The number of hydrogen-bond acceptors (Lipinski definition) is 3. The molecular weight excluding hydrogens is 216 g/mol. The zero-order chi connectivity index (χ0) is 12.3. The highest BCUT2D eigenvalue weighted by atomic mass is 16.3. The molecular formula is C13H18N2O2. The number of hydrogen-bond donors (Lipinski definition) is 0. The third kappa shape index (κ3) is 2.58. The van der Waals surface area contributed by atoms with Gasteiger partial charge in [-0.25, -0.2) is 0 Å². The maximum Gasteiger partial charge on any atom is 0.257 e. The Balaban J connectivity index is 1.95. The molecule has 1 amide bonds. The van der Waals surface area contributed by atoms with Gasteiger partial charge in [-0.1, -0.05) is 6.08 Å². The van der Waals surface area contributed by atoms with Crippen LogP contribution in [0.2, 0.25) is 0 Å². The zero-order valence-electron chi connectivity index (χ0n) is 10.2. The van der Waals surface area contributed by atoms with Crippen LogP contribution in [0.4, 0.5) is 0 Å². The molecule has 1 saturated heterocycles. The number of aryl methyl sites for hydroxylation is 1. The Morgan fingerprint density at radius 1 is 1.47 bits per heavy atom. The van der Waals surface area contributed by atoms with Crippen molar-refractivity contribution in [2.24, 2.45) is 0 Å². The first kappa shape index (κ1) is 11.9. The molecule has 1 aliphatic rings. The number of rotatable bonds is 3. The van der Waals surface area contributed by atoms with Gasteiger partial charge < -0.3 is 9.32 Å². The maximum atomic E-state index is 12.2. The highest BCUT2D eigenvalue weighted by Crippen LogP contribution is 2.13. The molecule has 0 unspecified atom stereocenters. The van der Waals surface area contributed by atoms with E-state index in [1.807, 2.05) is 17.9 Å². The molecule has 1 aliphatic heterocycles. The van der Waals surface area contributed by atoms with E-state index in [0.717, 1.165) is 32.7 Å². The third-order valence-electron chi connectivity index (χ3n) is 3.14. The van der Waals surface area contributed by atoms with Crippen molar-refractivity contribution in [1.82, 2.24) is 9.80 Å². The molecule has 0 radical (unpaired) electrons. The Morgan fingerprint density at radius 3 is 2.71 bits per heavy atom. The predicted molar refractivity (Wildman–Crippen MR) is 66.0 cm³/mol. The van der Waals surface area contributed by atoms with Crippen molar-refractivity contribution in [3.8, 4) is 0 Å². The minimum absolute atomic E-state index is 0.0782. The van der Waals surface area contributed by atoms with Crippen LogP contribution in [-0.4, -0.2) is 48.4 Å². The van der Waals surface area contributed by atoms with Gasteiger partial charge in [-0.3, -0.25) is 9.69 Å². The Bertz CT molecular complexity index is 403. The summed E-state index contributed by atoms with van der Waals surface area (Å²) in [6, 6.07) is 1.74. The first-order valence-corrected chi connectivity index (χ1v) is 5.89. The molecule has 0 atom stereocenters. The summed E-state index contributed by atoms with van der Waals surface area (Å²) in [5, 5.41) is 0. The quantitative estimate of drug-likeness (QED) is 0.744. The molecule has 2 rings (SSSR count). The minimum Gasteiger partial charge on any atom is -0.469 e. The summed E-state index contributed by atoms with van der Waals surface area (Å²) in [4.78, 5) is 16.4. The molecule has 17 heavy (non-hydrogen) atoms. The molecule has 4 nitrogen and oxygen atoms in total. The second-order valence-corrected chi connectivity index (χ2v) is 4.27. The standard InChI is InChI=1S/C13H18N2O2/c1-3-5-14-6-8-15(9-7-14)13(16)12-4-10-17-11(12)2/h3-4,10H,1,5-9H2,2H3. The lowest BCUT2D eigenvalue weighted by Crippen LogP contribution is -2.48. The molecule has 4 heteroatoms. The Labute approximate surface area is 101 Å². The molecule has 0 bridgehead atoms. The van der Waals surface area contributed by atoms with E-state index in [1.54, 1.807) is 12.3 Å². The van der Waals surface area contributed by atoms with Gasteiger partial charge in [0.2, 0.25) is 0 Å². The van der Waals surface area contributed by atoms with Gasteiger partial charge >= 0.3 is 0 Å². The first-order valence-electron chi connectivity index (χ1n) is 5.89. The molecule has 1 aromatic heterocycles. The molecule has 1 fully saturated rings. The van der Waals surface area contributed by atoms with Crippen molar-refractivity contribution >= 4 is 5.91 Å². The Kier molecular flexibility index (Phi) is 3.64. The second-order valence-electron chi connectivity index (χ2n) is 4.27. The summed E-state index contributed by atoms with van der Waals surface area (Å²) in [6.07, 6.45) is 3.47. The van der Waals surface area contributed by atoms with Crippen LogP contribution >= 0.6 is 0 Å². The number of furan rings is 1. The minimum atomic E-state index is 0.0782. The summed E-state index contributed by atoms with van der Waals surface area (Å²) < 4.78 is 5.16. The first-order chi connectivity index (χ1) is 8.22. The van der Waals surface area contributed by atoms with Crippen molar-refractivity contribution in [3.05, 3.63) is 36.3 Å². The highest BCUT2D eigenvalue weighted by molar-refractivity contribution is 5.95. The van der Waals surface area contributed by atoms with Gasteiger partial charge in [0.1, 0.15) is 5.76 Å². The Morgan fingerprint density at radius 2 is 2.18 bits per heavy atom. The van der Waals surface area contributed by atoms with E-state index in [1.165, 1.54) is 0 Å². The summed E-state index contributed by atoms with van der Waals surface area (Å²) in [5.74, 6) is 0.776. The normalized spacial score (nSPS) is 17.1. The lowest BCUT2D eigenvalue weighted by Gasteiger charge is -2.34. The monoisotopic (exact) mass is 234 g/mol. The molecule has 0 aliphatic carbocycles. The van der Waals surface area contributed by atoms with Gasteiger partial charge in [0.25, 0.3) is 5.91 Å². The molecule has 0 aromatic carbocycles. The summed E-state index contributed by atoms with van der Waals surface area (Å²) in [5.41, 5.74) is 0.683. The molecule has 1 aromatic rings. The van der Waals surface area contributed by atoms with Crippen LogP contribution in [0.1, 0.15) is 16.1 Å². The topological polar surface area (TPSA) is 36.7 Å². The van der Waals surface area contributed by atoms with Crippen molar-refractivity contribution in [1.29, 1.82) is 0 Å². The average molecular weight is 234 g/mol. The number of piperazine rings is 1. The highest BCUT2D eigenvalue weighted by Gasteiger charge is 2.23. The van der Waals surface area contributed by atoms with Crippen LogP contribution in [0.15, 0.2) is 29.4 Å². The van der Waals surface area contributed by atoms with Crippen LogP contribution in [0.25, 0.3) is 0 Å². The van der Waals surface area contributed by atoms with E-state index in [0.29, 0.717) is 11.3 Å². The molecule has 0 spiro atoms. The Hall–Kier alpha value is -1.55. The molecule has 0 saturated carbocycles. The van der Waals surface area contributed by atoms with Crippen molar-refractivity contribution in [2.75, 3.05) is 32.7 Å². The molecule has 0 N–H and O–H groups in total. The van der Waals surface area contributed by atoms with Crippen LogP contribution in [0.5, 0.6) is 0 Å². The van der Waals surface area contributed by atoms with Crippen LogP contribution in [0.3, 0.4) is 0 Å². The zero-order valence-corrected chi connectivity index (χ0v) is 10.2. The van der Waals surface area contributed by atoms with E-state index in [2.05, 4.69) is 11.5 Å². The average Bonchev–Trinajstić information content (AvgIpc) is 2.76. The van der Waals surface area contributed by atoms with Crippen molar-refractivity contribution in [3.63, 3.8) is 0 Å². The van der Waals surface area contributed by atoms with Gasteiger partial charge in [0, 0.05) is 32.7 Å². The fourth-order valence-electron chi connectivity index (χ4n) is 2.09. The van der Waals surface area contributed by atoms with Crippen molar-refractivity contribution < 1.29 is 9.21 Å². The van der Waals surface area contributed by atoms with Crippen LogP contribution in [0, 0.1) is 6.92 Å². The van der Waals surface area contributed by atoms with E-state index < -0.39 is 0 Å². The lowest BCUT2D eigenvalue weighted by atomic mass is 10.2. The SMILES string of the molecule is C=CCN1CCN(C(=O)c2ccoc2C)CC1. The summed E-state index contributed by atoms with van der Waals surface area (Å²) in [6.45, 7) is 9.82. The molecule has 92 valence electrons. The number of amides is 1. The van der Waals surface area contributed by atoms with Crippen LogP contribution < -0.4 is 0 Å². The summed E-state index contributed by atoms with van der Waals surface area (Å²) in [7, 11) is 0. The maximum absolute atomic E-state index is 12.2. The third-order valence-corrected chi connectivity index (χ3v) is 3.14. The van der Waals surface area contributed by atoms with E-state index in [-0.39, 0.29) is 5.91 Å². The molecule has 2 heterocycles. The van der Waals surface area contributed by atoms with Crippen LogP contribution in [-0.2, 0) is 0 Å². The number of carbonyl (C=O) groups excluding carboxylic acids is 1. The second kappa shape index (κ2) is 5.19.